The van der Waals surface area contributed by atoms with E-state index in [0.29, 0.717) is 5.82 Å². The Kier molecular flexibility index (Phi) is 2.56. The number of aromatic nitrogens is 4. The maximum Gasteiger partial charge on any atom is 0.295 e. The average molecular weight is 256 g/mol. The summed E-state index contributed by atoms with van der Waals surface area (Å²) in [6.07, 6.45) is 1.36. The lowest BCUT2D eigenvalue weighted by atomic mass is 10.3. The average Bonchev–Trinajstić information content (AvgIpc) is 2.74. The van der Waals surface area contributed by atoms with Crippen LogP contribution in [0.2, 0.25) is 0 Å². The zero-order valence-electron chi connectivity index (χ0n) is 10.5. The molecule has 0 aliphatic heterocycles. The number of hydrogen-bond donors (Lipinski definition) is 1. The molecule has 0 atom stereocenters. The van der Waals surface area contributed by atoms with E-state index < -0.39 is 0 Å². The van der Waals surface area contributed by atoms with Gasteiger partial charge >= 0.3 is 0 Å². The van der Waals surface area contributed by atoms with E-state index in [9.17, 15) is 4.79 Å². The minimum atomic E-state index is -0.315. The minimum absolute atomic E-state index is 0.175. The molecule has 2 aromatic heterocycles. The standard InChI is InChI=1S/C13H12N4O2/c1-8-16-9-5-3-4-6-10(9)17(8)12-11(19-2)13(18)15-7-14-12/h3-7H,1-2H3,(H,14,15,18). The number of fused-ring (bicyclic) bond motifs is 1. The number of benzene rings is 1. The number of ether oxygens (including phenoxy) is 1. The van der Waals surface area contributed by atoms with Gasteiger partial charge in [-0.25, -0.2) is 9.97 Å². The number of aryl methyl sites for hydroxylation is 1. The molecular formula is C13H12N4O2. The summed E-state index contributed by atoms with van der Waals surface area (Å²) in [4.78, 5) is 22.9. The van der Waals surface area contributed by atoms with Crippen LogP contribution in [0.15, 0.2) is 35.4 Å². The summed E-state index contributed by atoms with van der Waals surface area (Å²) in [7, 11) is 1.45. The Labute approximate surface area is 108 Å². The van der Waals surface area contributed by atoms with Crippen LogP contribution < -0.4 is 10.3 Å². The van der Waals surface area contributed by atoms with Gasteiger partial charge in [-0.3, -0.25) is 9.36 Å². The van der Waals surface area contributed by atoms with Gasteiger partial charge in [0.1, 0.15) is 5.82 Å². The highest BCUT2D eigenvalue weighted by molar-refractivity contribution is 5.78. The van der Waals surface area contributed by atoms with Crippen molar-refractivity contribution in [1.82, 2.24) is 19.5 Å². The van der Waals surface area contributed by atoms with Gasteiger partial charge in [-0.2, -0.15) is 0 Å². The summed E-state index contributed by atoms with van der Waals surface area (Å²) in [6, 6.07) is 7.68. The molecule has 0 saturated heterocycles. The van der Waals surface area contributed by atoms with Crippen molar-refractivity contribution in [3.8, 4) is 11.6 Å². The van der Waals surface area contributed by atoms with Crippen molar-refractivity contribution in [3.05, 3.63) is 46.8 Å². The van der Waals surface area contributed by atoms with Crippen LogP contribution in [0.3, 0.4) is 0 Å². The van der Waals surface area contributed by atoms with E-state index in [1.54, 1.807) is 0 Å². The molecule has 0 radical (unpaired) electrons. The number of aromatic amines is 1. The van der Waals surface area contributed by atoms with Gasteiger partial charge in [0, 0.05) is 0 Å². The molecule has 0 spiro atoms. The lowest BCUT2D eigenvalue weighted by Gasteiger charge is -2.09. The van der Waals surface area contributed by atoms with Crippen molar-refractivity contribution in [2.75, 3.05) is 7.11 Å². The van der Waals surface area contributed by atoms with Crippen LogP contribution >= 0.6 is 0 Å². The van der Waals surface area contributed by atoms with Crippen LogP contribution in [-0.4, -0.2) is 26.6 Å². The van der Waals surface area contributed by atoms with Gasteiger partial charge < -0.3 is 9.72 Å². The van der Waals surface area contributed by atoms with Crippen LogP contribution in [0.5, 0.6) is 5.75 Å². The normalized spacial score (nSPS) is 10.8. The van der Waals surface area contributed by atoms with Crippen molar-refractivity contribution in [2.45, 2.75) is 6.92 Å². The number of para-hydroxylation sites is 2. The summed E-state index contributed by atoms with van der Waals surface area (Å²) < 4.78 is 6.96. The zero-order chi connectivity index (χ0) is 13.4. The molecular weight excluding hydrogens is 244 g/mol. The molecule has 0 fully saturated rings. The van der Waals surface area contributed by atoms with Crippen molar-refractivity contribution < 1.29 is 4.74 Å². The molecule has 2 heterocycles. The van der Waals surface area contributed by atoms with E-state index in [1.807, 2.05) is 35.8 Å². The molecule has 0 saturated carbocycles. The van der Waals surface area contributed by atoms with Gasteiger partial charge in [0.05, 0.1) is 24.5 Å². The number of imidazole rings is 1. The first-order valence-electron chi connectivity index (χ1n) is 5.78. The smallest absolute Gasteiger partial charge is 0.295 e. The number of H-pyrrole nitrogens is 1. The molecule has 1 N–H and O–H groups in total. The molecule has 96 valence electrons. The van der Waals surface area contributed by atoms with Gasteiger partial charge in [0.2, 0.25) is 5.75 Å². The van der Waals surface area contributed by atoms with Crippen molar-refractivity contribution in [2.24, 2.45) is 0 Å². The molecule has 1 aromatic carbocycles. The number of methoxy groups -OCH3 is 1. The summed E-state index contributed by atoms with van der Waals surface area (Å²) in [5.41, 5.74) is 1.42. The number of nitrogens with one attached hydrogen (secondary N) is 1. The fourth-order valence-corrected chi connectivity index (χ4v) is 2.13. The topological polar surface area (TPSA) is 72.8 Å². The Morgan fingerprint density at radius 1 is 1.32 bits per heavy atom. The summed E-state index contributed by atoms with van der Waals surface area (Å²) >= 11 is 0. The number of rotatable bonds is 2. The second kappa shape index (κ2) is 4.24. The number of hydrogen-bond acceptors (Lipinski definition) is 4. The summed E-state index contributed by atoms with van der Waals surface area (Å²) in [5.74, 6) is 1.36. The third-order valence-corrected chi connectivity index (χ3v) is 2.94. The molecule has 6 nitrogen and oxygen atoms in total. The van der Waals surface area contributed by atoms with Crippen LogP contribution in [0, 0.1) is 6.92 Å². The molecule has 3 aromatic rings. The van der Waals surface area contributed by atoms with E-state index >= 15 is 0 Å². The monoisotopic (exact) mass is 256 g/mol. The highest BCUT2D eigenvalue weighted by atomic mass is 16.5. The molecule has 3 rings (SSSR count). The molecule has 0 bridgehead atoms. The van der Waals surface area contributed by atoms with Gasteiger partial charge in [0.15, 0.2) is 5.82 Å². The Hall–Kier alpha value is -2.63. The minimum Gasteiger partial charge on any atom is -0.488 e. The van der Waals surface area contributed by atoms with Crippen LogP contribution in [0.4, 0.5) is 0 Å². The Morgan fingerprint density at radius 3 is 2.89 bits per heavy atom. The third kappa shape index (κ3) is 1.69. The van der Waals surface area contributed by atoms with Crippen LogP contribution in [-0.2, 0) is 0 Å². The Balaban J connectivity index is 2.40. The van der Waals surface area contributed by atoms with Gasteiger partial charge in [-0.1, -0.05) is 12.1 Å². The van der Waals surface area contributed by atoms with E-state index in [0.717, 1.165) is 16.9 Å². The van der Waals surface area contributed by atoms with Gasteiger partial charge in [0.25, 0.3) is 5.56 Å². The molecule has 0 aliphatic carbocycles. The first-order chi connectivity index (χ1) is 9.22. The predicted octanol–water partition coefficient (Wildman–Crippen LogP) is 1.43. The van der Waals surface area contributed by atoms with E-state index in [-0.39, 0.29) is 11.3 Å². The van der Waals surface area contributed by atoms with Crippen LogP contribution in [0.25, 0.3) is 16.9 Å². The SMILES string of the molecule is COc1c(-n2c(C)nc3ccccc32)nc[nH]c1=O. The summed E-state index contributed by atoms with van der Waals surface area (Å²) in [6.45, 7) is 1.86. The predicted molar refractivity (Wildman–Crippen MR) is 70.8 cm³/mol. The molecule has 0 amide bonds. The second-order valence-corrected chi connectivity index (χ2v) is 4.07. The maximum atomic E-state index is 11.8. The van der Waals surface area contributed by atoms with E-state index in [1.165, 1.54) is 13.4 Å². The molecule has 6 heteroatoms. The first kappa shape index (κ1) is 11.5. The van der Waals surface area contributed by atoms with Crippen LogP contribution in [0.1, 0.15) is 5.82 Å². The summed E-state index contributed by atoms with van der Waals surface area (Å²) in [5, 5.41) is 0. The highest BCUT2D eigenvalue weighted by Crippen LogP contribution is 2.23. The van der Waals surface area contributed by atoms with Crippen molar-refractivity contribution in [3.63, 3.8) is 0 Å². The second-order valence-electron chi connectivity index (χ2n) is 4.07. The van der Waals surface area contributed by atoms with E-state index in [4.69, 9.17) is 4.74 Å². The fraction of sp³-hybridized carbons (Fsp3) is 0.154. The number of nitrogens with zero attached hydrogens (tertiary/aromatic N) is 3. The zero-order valence-corrected chi connectivity index (χ0v) is 10.5. The lowest BCUT2D eigenvalue weighted by molar-refractivity contribution is 0.403. The van der Waals surface area contributed by atoms with E-state index in [2.05, 4.69) is 15.0 Å². The molecule has 19 heavy (non-hydrogen) atoms. The molecule has 0 aliphatic rings. The van der Waals surface area contributed by atoms with Crippen molar-refractivity contribution >= 4 is 11.0 Å². The Morgan fingerprint density at radius 2 is 2.11 bits per heavy atom. The largest absolute Gasteiger partial charge is 0.488 e. The maximum absolute atomic E-state index is 11.8. The quantitative estimate of drug-likeness (QED) is 0.752. The fourth-order valence-electron chi connectivity index (χ4n) is 2.13. The van der Waals surface area contributed by atoms with Gasteiger partial charge in [-0.15, -0.1) is 0 Å². The first-order valence-corrected chi connectivity index (χ1v) is 5.78. The Bertz CT molecular complexity index is 804. The highest BCUT2D eigenvalue weighted by Gasteiger charge is 2.16. The third-order valence-electron chi connectivity index (χ3n) is 2.94. The van der Waals surface area contributed by atoms with Crippen molar-refractivity contribution in [1.29, 1.82) is 0 Å². The molecule has 0 unspecified atom stereocenters. The lowest BCUT2D eigenvalue weighted by Crippen LogP contribution is -2.14. The van der Waals surface area contributed by atoms with Gasteiger partial charge in [-0.05, 0) is 19.1 Å².